The molecule has 0 amide bonds. The van der Waals surface area contributed by atoms with Crippen LogP contribution in [-0.2, 0) is 5.41 Å². The van der Waals surface area contributed by atoms with E-state index in [4.69, 9.17) is 5.73 Å². The molecule has 82 valence electrons. The molecule has 2 rings (SSSR count). The minimum absolute atomic E-state index is 0.140. The second-order valence-electron chi connectivity index (χ2n) is 3.94. The summed E-state index contributed by atoms with van der Waals surface area (Å²) in [6.45, 7) is 0.339. The van der Waals surface area contributed by atoms with Crippen LogP contribution in [0, 0.1) is 10.1 Å². The summed E-state index contributed by atoms with van der Waals surface area (Å²) in [6.07, 6.45) is 0.668. The summed E-state index contributed by atoms with van der Waals surface area (Å²) in [7, 11) is 0. The van der Waals surface area contributed by atoms with Gasteiger partial charge in [-0.15, -0.1) is 5.10 Å². The van der Waals surface area contributed by atoms with Gasteiger partial charge in [-0.25, -0.2) is 0 Å². The third-order valence-corrected chi connectivity index (χ3v) is 2.95. The highest BCUT2D eigenvalue weighted by atomic mass is 16.6. The minimum Gasteiger partial charge on any atom is -0.393 e. The molecule has 1 fully saturated rings. The van der Waals surface area contributed by atoms with Gasteiger partial charge in [-0.1, -0.05) is 5.10 Å². The van der Waals surface area contributed by atoms with Crippen molar-refractivity contribution in [1.29, 1.82) is 0 Å². The van der Waals surface area contributed by atoms with E-state index in [-0.39, 0.29) is 17.3 Å². The van der Waals surface area contributed by atoms with Gasteiger partial charge in [-0.3, -0.25) is 0 Å². The number of rotatable bonds is 3. The van der Waals surface area contributed by atoms with Crippen LogP contribution in [0.25, 0.3) is 0 Å². The van der Waals surface area contributed by atoms with E-state index >= 15 is 0 Å². The van der Waals surface area contributed by atoms with Gasteiger partial charge in [0, 0.05) is 12.0 Å². The van der Waals surface area contributed by atoms with E-state index < -0.39 is 4.92 Å². The molecule has 0 atom stereocenters. The van der Waals surface area contributed by atoms with E-state index in [1.807, 2.05) is 0 Å². The molecule has 1 heterocycles. The Morgan fingerprint density at radius 3 is 2.87 bits per heavy atom. The van der Waals surface area contributed by atoms with E-state index in [2.05, 4.69) is 10.2 Å². The van der Waals surface area contributed by atoms with Crippen LogP contribution >= 0.6 is 0 Å². The summed E-state index contributed by atoms with van der Waals surface area (Å²) in [4.78, 5) is 9.92. The zero-order chi connectivity index (χ0) is 11.1. The van der Waals surface area contributed by atoms with E-state index in [1.165, 1.54) is 6.07 Å². The predicted molar refractivity (Wildman–Crippen MR) is 51.2 cm³/mol. The maximum atomic E-state index is 10.5. The first-order valence-corrected chi connectivity index (χ1v) is 4.66. The van der Waals surface area contributed by atoms with E-state index in [0.29, 0.717) is 25.1 Å². The molecule has 0 spiro atoms. The van der Waals surface area contributed by atoms with Crippen LogP contribution in [0.4, 0.5) is 5.82 Å². The monoisotopic (exact) mass is 212 g/mol. The average molecular weight is 212 g/mol. The van der Waals surface area contributed by atoms with Crippen LogP contribution in [0.15, 0.2) is 6.07 Å². The number of nitrogens with zero attached hydrogens (tertiary/aromatic N) is 2. The zero-order valence-electron chi connectivity index (χ0n) is 8.01. The van der Waals surface area contributed by atoms with Crippen molar-refractivity contribution < 1.29 is 10.0 Å². The van der Waals surface area contributed by atoms with Crippen LogP contribution in [0.5, 0.6) is 0 Å². The van der Waals surface area contributed by atoms with Crippen LogP contribution in [0.2, 0.25) is 0 Å². The van der Waals surface area contributed by atoms with Crippen molar-refractivity contribution in [2.24, 2.45) is 5.73 Å². The number of hydrogen-bond donors (Lipinski definition) is 3. The Morgan fingerprint density at radius 2 is 2.47 bits per heavy atom. The lowest BCUT2D eigenvalue weighted by atomic mass is 9.65. The van der Waals surface area contributed by atoms with Crippen LogP contribution in [0.1, 0.15) is 18.5 Å². The van der Waals surface area contributed by atoms with Crippen molar-refractivity contribution in [2.75, 3.05) is 6.54 Å². The Labute approximate surface area is 85.4 Å². The summed E-state index contributed by atoms with van der Waals surface area (Å²) in [5.41, 5.74) is 5.80. The van der Waals surface area contributed by atoms with Crippen molar-refractivity contribution in [3.63, 3.8) is 0 Å². The highest BCUT2D eigenvalue weighted by Gasteiger charge is 2.46. The van der Waals surface area contributed by atoms with Gasteiger partial charge in [-0.2, -0.15) is 0 Å². The molecule has 0 bridgehead atoms. The van der Waals surface area contributed by atoms with E-state index in [0.717, 1.165) is 0 Å². The van der Waals surface area contributed by atoms with Crippen molar-refractivity contribution >= 4 is 5.82 Å². The standard InChI is InChI=1S/C8H12N4O3/c9-4-8(2-5(13)3-8)6-1-7(11-10-6)12(14)15/h1,5,13H,2-4,9H2,(H,10,11). The number of aliphatic hydroxyl groups excluding tert-OH is 1. The van der Waals surface area contributed by atoms with E-state index in [1.54, 1.807) is 0 Å². The summed E-state index contributed by atoms with van der Waals surface area (Å²) in [6, 6.07) is 1.39. The number of aromatic nitrogens is 2. The number of nitrogens with one attached hydrogen (secondary N) is 1. The smallest absolute Gasteiger partial charge is 0.342 e. The van der Waals surface area contributed by atoms with Crippen LogP contribution in [-0.4, -0.2) is 32.9 Å². The summed E-state index contributed by atoms with van der Waals surface area (Å²) >= 11 is 0. The van der Waals surface area contributed by atoms with Gasteiger partial charge in [-0.05, 0) is 17.8 Å². The van der Waals surface area contributed by atoms with Gasteiger partial charge in [0.05, 0.1) is 17.9 Å². The van der Waals surface area contributed by atoms with Crippen LogP contribution < -0.4 is 5.73 Å². The number of aliphatic hydroxyl groups is 1. The quantitative estimate of drug-likeness (QED) is 0.468. The normalized spacial score (nSPS) is 29.9. The molecule has 1 aromatic rings. The molecular weight excluding hydrogens is 200 g/mol. The fourth-order valence-electron chi connectivity index (χ4n) is 2.00. The lowest BCUT2D eigenvalue weighted by Crippen LogP contribution is -2.50. The number of nitro groups is 1. The lowest BCUT2D eigenvalue weighted by molar-refractivity contribution is -0.389. The van der Waals surface area contributed by atoms with Gasteiger partial charge in [0.2, 0.25) is 0 Å². The van der Waals surface area contributed by atoms with Crippen molar-refractivity contribution in [3.8, 4) is 0 Å². The van der Waals surface area contributed by atoms with Gasteiger partial charge in [0.1, 0.15) is 0 Å². The SMILES string of the molecule is NCC1(c2cc([N+](=O)[O-])[nH]n2)CC(O)C1. The molecule has 1 aromatic heterocycles. The lowest BCUT2D eigenvalue weighted by Gasteiger charge is -2.42. The third-order valence-electron chi connectivity index (χ3n) is 2.95. The van der Waals surface area contributed by atoms with Crippen molar-refractivity contribution in [1.82, 2.24) is 10.2 Å². The summed E-state index contributed by atoms with van der Waals surface area (Å²) < 4.78 is 0. The van der Waals surface area contributed by atoms with Crippen LogP contribution in [0.3, 0.4) is 0 Å². The molecule has 0 saturated heterocycles. The molecule has 1 aliphatic carbocycles. The predicted octanol–water partition coefficient (Wildman–Crippen LogP) is -0.331. The summed E-state index contributed by atoms with van der Waals surface area (Å²) in [5.74, 6) is -0.140. The fraction of sp³-hybridized carbons (Fsp3) is 0.625. The van der Waals surface area contributed by atoms with Gasteiger partial charge in [0.15, 0.2) is 0 Å². The first-order valence-electron chi connectivity index (χ1n) is 4.66. The highest BCUT2D eigenvalue weighted by Crippen LogP contribution is 2.42. The Balaban J connectivity index is 2.25. The number of H-pyrrole nitrogens is 1. The maximum Gasteiger partial charge on any atom is 0.342 e. The Morgan fingerprint density at radius 1 is 1.80 bits per heavy atom. The second-order valence-corrected chi connectivity index (χ2v) is 3.94. The Bertz CT molecular complexity index is 383. The van der Waals surface area contributed by atoms with Crippen molar-refractivity contribution in [3.05, 3.63) is 21.9 Å². The van der Waals surface area contributed by atoms with E-state index in [9.17, 15) is 15.2 Å². The molecule has 1 aliphatic rings. The van der Waals surface area contributed by atoms with Gasteiger partial charge in [0.25, 0.3) is 0 Å². The minimum atomic E-state index is -0.532. The topological polar surface area (TPSA) is 118 Å². The first kappa shape index (κ1) is 10.1. The molecular formula is C8H12N4O3. The highest BCUT2D eigenvalue weighted by molar-refractivity contribution is 5.30. The largest absolute Gasteiger partial charge is 0.393 e. The molecule has 4 N–H and O–H groups in total. The molecule has 0 aliphatic heterocycles. The molecule has 7 nitrogen and oxygen atoms in total. The Kier molecular flexibility index (Phi) is 2.20. The molecule has 1 saturated carbocycles. The zero-order valence-corrected chi connectivity index (χ0v) is 8.01. The fourth-order valence-corrected chi connectivity index (χ4v) is 2.00. The molecule has 0 radical (unpaired) electrons. The van der Waals surface area contributed by atoms with Gasteiger partial charge >= 0.3 is 5.82 Å². The number of aromatic amines is 1. The first-order chi connectivity index (χ1) is 7.07. The number of nitrogens with two attached hydrogens (primary N) is 1. The molecule has 15 heavy (non-hydrogen) atoms. The third kappa shape index (κ3) is 1.49. The molecule has 0 aromatic carbocycles. The Hall–Kier alpha value is -1.47. The van der Waals surface area contributed by atoms with Crippen molar-refractivity contribution in [2.45, 2.75) is 24.4 Å². The average Bonchev–Trinajstić information content (AvgIpc) is 2.61. The molecule has 0 unspecified atom stereocenters. The maximum absolute atomic E-state index is 10.5. The van der Waals surface area contributed by atoms with Gasteiger partial charge < -0.3 is 21.0 Å². The molecule has 7 heteroatoms. The second kappa shape index (κ2) is 3.28. The number of hydrogen-bond acceptors (Lipinski definition) is 5. The summed E-state index contributed by atoms with van der Waals surface area (Å²) in [5, 5.41) is 25.9.